The van der Waals surface area contributed by atoms with Crippen LogP contribution in [0.3, 0.4) is 0 Å². The quantitative estimate of drug-likeness (QED) is 0.387. The number of nitrogens with zero attached hydrogens (tertiary/aromatic N) is 3. The van der Waals surface area contributed by atoms with Crippen molar-refractivity contribution in [1.82, 2.24) is 14.5 Å². The van der Waals surface area contributed by atoms with E-state index in [1.807, 2.05) is 39.0 Å². The summed E-state index contributed by atoms with van der Waals surface area (Å²) in [6.07, 6.45) is 1.84. The fraction of sp³-hybridized carbons (Fsp3) is 0.464. The standard InChI is InChI=1S/C28H35N3O6/c1-5-35-23-15-19(16-24(36-6-2)25(23)28(34)37-7-3)17-30-13-11-20(12-14-30)31-18(4)29-26-21(27(32)33)9-8-10-22(26)31/h8-10,15-16,20H,5-7,11-14,17H2,1-4H3,(H,32,33). The first-order chi connectivity index (χ1) is 17.9. The average molecular weight is 510 g/mol. The van der Waals surface area contributed by atoms with Crippen molar-refractivity contribution in [3.05, 3.63) is 52.8 Å². The maximum absolute atomic E-state index is 12.6. The van der Waals surface area contributed by atoms with Gasteiger partial charge in [-0.05, 0) is 70.4 Å². The van der Waals surface area contributed by atoms with Crippen LogP contribution in [-0.4, -0.2) is 64.4 Å². The molecule has 1 aromatic heterocycles. The number of carbonyl (C=O) groups is 2. The summed E-state index contributed by atoms with van der Waals surface area (Å²) in [5.41, 5.74) is 2.99. The Morgan fingerprint density at radius 2 is 1.68 bits per heavy atom. The van der Waals surface area contributed by atoms with E-state index >= 15 is 0 Å². The second-order valence-corrected chi connectivity index (χ2v) is 9.07. The van der Waals surface area contributed by atoms with Gasteiger partial charge in [0.05, 0.1) is 30.9 Å². The van der Waals surface area contributed by atoms with Crippen LogP contribution in [0.4, 0.5) is 0 Å². The van der Waals surface area contributed by atoms with E-state index in [2.05, 4.69) is 14.5 Å². The molecule has 9 nitrogen and oxygen atoms in total. The van der Waals surface area contributed by atoms with Gasteiger partial charge in [-0.2, -0.15) is 0 Å². The molecule has 0 aliphatic carbocycles. The smallest absolute Gasteiger partial charge is 0.345 e. The van der Waals surface area contributed by atoms with E-state index in [0.29, 0.717) is 42.3 Å². The number of aromatic carboxylic acids is 1. The monoisotopic (exact) mass is 509 g/mol. The number of para-hydroxylation sites is 1. The molecule has 0 unspecified atom stereocenters. The van der Waals surface area contributed by atoms with Gasteiger partial charge in [0.2, 0.25) is 0 Å². The number of imidazole rings is 1. The van der Waals surface area contributed by atoms with Gasteiger partial charge in [-0.1, -0.05) is 6.07 Å². The third-order valence-electron chi connectivity index (χ3n) is 6.66. The maximum Gasteiger partial charge on any atom is 0.345 e. The van der Waals surface area contributed by atoms with Crippen molar-refractivity contribution < 1.29 is 28.9 Å². The summed E-state index contributed by atoms with van der Waals surface area (Å²) in [4.78, 5) is 31.2. The van der Waals surface area contributed by atoms with Crippen LogP contribution < -0.4 is 9.47 Å². The van der Waals surface area contributed by atoms with Crippen molar-refractivity contribution in [2.75, 3.05) is 32.9 Å². The van der Waals surface area contributed by atoms with E-state index in [-0.39, 0.29) is 18.2 Å². The number of carbonyl (C=O) groups excluding carboxylic acids is 1. The van der Waals surface area contributed by atoms with Crippen LogP contribution in [0.5, 0.6) is 11.5 Å². The van der Waals surface area contributed by atoms with Gasteiger partial charge in [-0.15, -0.1) is 0 Å². The molecule has 0 bridgehead atoms. The van der Waals surface area contributed by atoms with E-state index in [1.54, 1.807) is 19.1 Å². The number of rotatable bonds is 10. The van der Waals surface area contributed by atoms with E-state index in [1.165, 1.54) is 0 Å². The number of likely N-dealkylation sites (tertiary alicyclic amines) is 1. The molecule has 198 valence electrons. The number of ether oxygens (including phenoxy) is 3. The Labute approximate surface area is 216 Å². The maximum atomic E-state index is 12.6. The molecule has 1 N–H and O–H groups in total. The highest BCUT2D eigenvalue weighted by Crippen LogP contribution is 2.34. The van der Waals surface area contributed by atoms with Gasteiger partial charge in [-0.3, -0.25) is 4.90 Å². The minimum atomic E-state index is -0.961. The predicted molar refractivity (Wildman–Crippen MR) is 140 cm³/mol. The van der Waals surface area contributed by atoms with Gasteiger partial charge >= 0.3 is 11.9 Å². The summed E-state index contributed by atoms with van der Waals surface area (Å²) < 4.78 is 19.1. The van der Waals surface area contributed by atoms with Crippen molar-refractivity contribution in [2.45, 2.75) is 53.1 Å². The van der Waals surface area contributed by atoms with Gasteiger partial charge in [0.15, 0.2) is 0 Å². The molecule has 2 heterocycles. The lowest BCUT2D eigenvalue weighted by molar-refractivity contribution is 0.0516. The van der Waals surface area contributed by atoms with Crippen LogP contribution >= 0.6 is 0 Å². The summed E-state index contributed by atoms with van der Waals surface area (Å²) >= 11 is 0. The normalized spacial score (nSPS) is 14.6. The minimum absolute atomic E-state index is 0.234. The van der Waals surface area contributed by atoms with Crippen LogP contribution in [0, 0.1) is 6.92 Å². The molecule has 37 heavy (non-hydrogen) atoms. The Morgan fingerprint density at radius 1 is 1.03 bits per heavy atom. The number of piperidine rings is 1. The zero-order valence-electron chi connectivity index (χ0n) is 22.0. The first-order valence-electron chi connectivity index (χ1n) is 12.9. The summed E-state index contributed by atoms with van der Waals surface area (Å²) in [5.74, 6) is 0.380. The molecule has 3 aromatic rings. The summed E-state index contributed by atoms with van der Waals surface area (Å²) in [6.45, 7) is 11.0. The molecular weight excluding hydrogens is 474 g/mol. The van der Waals surface area contributed by atoms with Gasteiger partial charge in [0.25, 0.3) is 0 Å². The number of hydrogen-bond donors (Lipinski definition) is 1. The molecule has 0 amide bonds. The number of aryl methyl sites for hydroxylation is 1. The number of esters is 1. The van der Waals surface area contributed by atoms with Crippen molar-refractivity contribution in [3.63, 3.8) is 0 Å². The van der Waals surface area contributed by atoms with Gasteiger partial charge < -0.3 is 23.9 Å². The van der Waals surface area contributed by atoms with Crippen LogP contribution in [0.15, 0.2) is 30.3 Å². The average Bonchev–Trinajstić information content (AvgIpc) is 3.20. The molecule has 1 fully saturated rings. The Balaban J connectivity index is 1.52. The van der Waals surface area contributed by atoms with Crippen LogP contribution in [-0.2, 0) is 11.3 Å². The van der Waals surface area contributed by atoms with Crippen LogP contribution in [0.25, 0.3) is 11.0 Å². The Hall–Kier alpha value is -3.59. The fourth-order valence-corrected chi connectivity index (χ4v) is 5.14. The third-order valence-corrected chi connectivity index (χ3v) is 6.66. The molecule has 0 radical (unpaired) electrons. The van der Waals surface area contributed by atoms with E-state index < -0.39 is 11.9 Å². The lowest BCUT2D eigenvalue weighted by atomic mass is 10.0. The van der Waals surface area contributed by atoms with Crippen molar-refractivity contribution >= 4 is 23.0 Å². The lowest BCUT2D eigenvalue weighted by Gasteiger charge is -2.33. The Kier molecular flexibility index (Phi) is 8.33. The lowest BCUT2D eigenvalue weighted by Crippen LogP contribution is -2.34. The largest absolute Gasteiger partial charge is 0.493 e. The third kappa shape index (κ3) is 5.56. The van der Waals surface area contributed by atoms with Crippen LogP contribution in [0.1, 0.15) is 71.8 Å². The van der Waals surface area contributed by atoms with E-state index in [9.17, 15) is 14.7 Å². The highest BCUT2D eigenvalue weighted by molar-refractivity contribution is 6.01. The summed E-state index contributed by atoms with van der Waals surface area (Å²) in [5, 5.41) is 9.55. The topological polar surface area (TPSA) is 103 Å². The van der Waals surface area contributed by atoms with Crippen molar-refractivity contribution in [2.24, 2.45) is 0 Å². The number of carboxylic acids is 1. The summed E-state index contributed by atoms with van der Waals surface area (Å²) in [6, 6.07) is 9.39. The van der Waals surface area contributed by atoms with Gasteiger partial charge in [0, 0.05) is 25.7 Å². The number of benzene rings is 2. The zero-order valence-corrected chi connectivity index (χ0v) is 22.0. The summed E-state index contributed by atoms with van der Waals surface area (Å²) in [7, 11) is 0. The van der Waals surface area contributed by atoms with E-state index in [0.717, 1.165) is 42.8 Å². The minimum Gasteiger partial charge on any atom is -0.493 e. The first-order valence-corrected chi connectivity index (χ1v) is 12.9. The van der Waals surface area contributed by atoms with Crippen molar-refractivity contribution in [3.8, 4) is 11.5 Å². The number of aromatic nitrogens is 2. The van der Waals surface area contributed by atoms with Gasteiger partial charge in [0.1, 0.15) is 28.4 Å². The van der Waals surface area contributed by atoms with Crippen LogP contribution in [0.2, 0.25) is 0 Å². The second-order valence-electron chi connectivity index (χ2n) is 9.07. The first kappa shape index (κ1) is 26.5. The number of fused-ring (bicyclic) bond motifs is 1. The van der Waals surface area contributed by atoms with Crippen molar-refractivity contribution in [1.29, 1.82) is 0 Å². The molecule has 1 saturated heterocycles. The Bertz CT molecular complexity index is 1250. The molecular formula is C28H35N3O6. The number of carboxylic acid groups (broad SMARTS) is 1. The Morgan fingerprint density at radius 3 is 2.24 bits per heavy atom. The molecule has 2 aromatic carbocycles. The molecule has 4 rings (SSSR count). The highest BCUT2D eigenvalue weighted by Gasteiger charge is 2.26. The molecule has 0 spiro atoms. The second kappa shape index (κ2) is 11.6. The highest BCUT2D eigenvalue weighted by atomic mass is 16.5. The zero-order chi connectivity index (χ0) is 26.5. The predicted octanol–water partition coefficient (Wildman–Crippen LogP) is 4.85. The molecule has 1 aliphatic heterocycles. The molecule has 0 saturated carbocycles. The van der Waals surface area contributed by atoms with Gasteiger partial charge in [-0.25, -0.2) is 14.6 Å². The molecule has 1 aliphatic rings. The fourth-order valence-electron chi connectivity index (χ4n) is 5.14. The number of hydrogen-bond acceptors (Lipinski definition) is 7. The molecule has 0 atom stereocenters. The van der Waals surface area contributed by atoms with E-state index in [4.69, 9.17) is 14.2 Å². The SMILES string of the molecule is CCOC(=O)c1c(OCC)cc(CN2CCC(n3c(C)nc4c(C(=O)O)cccc43)CC2)cc1OCC. The molecule has 9 heteroatoms.